The van der Waals surface area contributed by atoms with Crippen molar-refractivity contribution in [3.05, 3.63) is 49.1 Å². The largest absolute Gasteiger partial charge is 0.0991 e. The molecule has 0 atom stereocenters. The molecule has 0 aliphatic carbocycles. The summed E-state index contributed by atoms with van der Waals surface area (Å²) in [4.78, 5) is 0. The Balaban J connectivity index is 3.11. The van der Waals surface area contributed by atoms with E-state index in [1.807, 2.05) is 18.2 Å². The number of rotatable bonds is 20. The highest BCUT2D eigenvalue weighted by Gasteiger charge is 1.94. The Kier molecular flexibility index (Phi) is 23.0. The molecule has 0 rings (SSSR count). The van der Waals surface area contributed by atoms with E-state index in [4.69, 9.17) is 0 Å². The summed E-state index contributed by atoms with van der Waals surface area (Å²) in [6, 6.07) is 0. The predicted octanol–water partition coefficient (Wildman–Crippen LogP) is 9.49. The van der Waals surface area contributed by atoms with Crippen molar-refractivity contribution in [1.29, 1.82) is 0 Å². The van der Waals surface area contributed by atoms with Gasteiger partial charge in [0.15, 0.2) is 0 Å². The Morgan fingerprint density at radius 1 is 0.462 bits per heavy atom. The second kappa shape index (κ2) is 24.0. The first kappa shape index (κ1) is 25.0. The fourth-order valence-corrected chi connectivity index (χ4v) is 3.26. The van der Waals surface area contributed by atoms with Gasteiger partial charge in [0.1, 0.15) is 0 Å². The molecule has 0 aromatic carbocycles. The molecule has 26 heavy (non-hydrogen) atoms. The summed E-state index contributed by atoms with van der Waals surface area (Å²) >= 11 is 0. The van der Waals surface area contributed by atoms with Gasteiger partial charge in [0, 0.05) is 0 Å². The van der Waals surface area contributed by atoms with Gasteiger partial charge < -0.3 is 0 Å². The smallest absolute Gasteiger partial charge is 0.0348 e. The molecule has 0 aromatic heterocycles. The molecular formula is C26H46. The molecule has 0 heterocycles. The summed E-state index contributed by atoms with van der Waals surface area (Å²) in [6.45, 7) is 5.94. The molecule has 0 aromatic rings. The van der Waals surface area contributed by atoms with Crippen molar-refractivity contribution in [3.8, 4) is 0 Å². The standard InChI is InChI=1S/C26H46/c1-3-5-7-9-11-13-15-17-19-21-23-25-26-24-22-20-18-16-14-12-10-8-6-4-2/h3,5,7,9,11,13,15H,1,4,6,8,10,12,14,16-26H2,2H3. The first-order chi connectivity index (χ1) is 12.9. The van der Waals surface area contributed by atoms with Crippen LogP contribution in [0.25, 0.3) is 0 Å². The number of unbranched alkanes of at least 4 members (excludes halogenated alkanes) is 16. The lowest BCUT2D eigenvalue weighted by Gasteiger charge is -2.03. The van der Waals surface area contributed by atoms with Gasteiger partial charge >= 0.3 is 0 Å². The maximum Gasteiger partial charge on any atom is -0.0348 e. The Bertz CT molecular complexity index is 345. The summed E-state index contributed by atoms with van der Waals surface area (Å²) in [5, 5.41) is 0. The lowest BCUT2D eigenvalue weighted by atomic mass is 10.0. The van der Waals surface area contributed by atoms with Crippen molar-refractivity contribution in [2.75, 3.05) is 0 Å². The van der Waals surface area contributed by atoms with Gasteiger partial charge in [-0.3, -0.25) is 0 Å². The van der Waals surface area contributed by atoms with Crippen molar-refractivity contribution >= 4 is 0 Å². The van der Waals surface area contributed by atoms with E-state index in [1.54, 1.807) is 6.08 Å². The van der Waals surface area contributed by atoms with Gasteiger partial charge in [-0.05, 0) is 12.8 Å². The quantitative estimate of drug-likeness (QED) is 0.150. The molecule has 0 nitrogen and oxygen atoms in total. The van der Waals surface area contributed by atoms with Gasteiger partial charge in [-0.25, -0.2) is 0 Å². The maximum atomic E-state index is 3.65. The second-order valence-corrected chi connectivity index (χ2v) is 7.53. The second-order valence-electron chi connectivity index (χ2n) is 7.53. The van der Waals surface area contributed by atoms with Crippen molar-refractivity contribution < 1.29 is 0 Å². The summed E-state index contributed by atoms with van der Waals surface area (Å²) in [5.74, 6) is 0. The van der Waals surface area contributed by atoms with Gasteiger partial charge in [0.25, 0.3) is 0 Å². The van der Waals surface area contributed by atoms with E-state index in [-0.39, 0.29) is 0 Å². The highest BCUT2D eigenvalue weighted by atomic mass is 14.0. The van der Waals surface area contributed by atoms with Crippen molar-refractivity contribution in [2.45, 2.75) is 116 Å². The first-order valence-corrected chi connectivity index (χ1v) is 11.5. The third-order valence-corrected chi connectivity index (χ3v) is 4.94. The van der Waals surface area contributed by atoms with E-state index in [9.17, 15) is 0 Å². The Labute approximate surface area is 165 Å². The monoisotopic (exact) mass is 358 g/mol. The van der Waals surface area contributed by atoms with Crippen LogP contribution in [-0.4, -0.2) is 0 Å². The van der Waals surface area contributed by atoms with E-state index in [1.165, 1.54) is 109 Å². The van der Waals surface area contributed by atoms with Gasteiger partial charge in [-0.2, -0.15) is 0 Å². The minimum absolute atomic E-state index is 1.22. The number of allylic oxidation sites excluding steroid dienone is 7. The maximum absolute atomic E-state index is 3.65. The SMILES string of the molecule is C=CC=CC=CC=CCCCCCCCCCCCCCCCCCC. The highest BCUT2D eigenvalue weighted by Crippen LogP contribution is 2.14. The zero-order valence-electron chi connectivity index (χ0n) is 17.8. The minimum atomic E-state index is 1.22. The van der Waals surface area contributed by atoms with Crippen LogP contribution in [0.5, 0.6) is 0 Å². The first-order valence-electron chi connectivity index (χ1n) is 11.5. The van der Waals surface area contributed by atoms with Gasteiger partial charge in [0.2, 0.25) is 0 Å². The number of hydrogen-bond acceptors (Lipinski definition) is 0. The average molecular weight is 359 g/mol. The third-order valence-electron chi connectivity index (χ3n) is 4.94. The van der Waals surface area contributed by atoms with Crippen LogP contribution in [0.15, 0.2) is 49.1 Å². The predicted molar refractivity (Wildman–Crippen MR) is 122 cm³/mol. The normalized spacial score (nSPS) is 12.0. The molecule has 0 aliphatic rings. The van der Waals surface area contributed by atoms with Crippen LogP contribution < -0.4 is 0 Å². The Hall–Kier alpha value is -1.04. The molecular weight excluding hydrogens is 312 g/mol. The van der Waals surface area contributed by atoms with E-state index in [0.717, 1.165) is 0 Å². The molecule has 0 saturated heterocycles. The van der Waals surface area contributed by atoms with Crippen molar-refractivity contribution in [2.24, 2.45) is 0 Å². The zero-order chi connectivity index (χ0) is 19.0. The van der Waals surface area contributed by atoms with Gasteiger partial charge in [0.05, 0.1) is 0 Å². The molecule has 0 heteroatoms. The molecule has 0 spiro atoms. The van der Waals surface area contributed by atoms with Crippen LogP contribution in [0.4, 0.5) is 0 Å². The lowest BCUT2D eigenvalue weighted by molar-refractivity contribution is 0.530. The Morgan fingerprint density at radius 2 is 0.846 bits per heavy atom. The molecule has 0 N–H and O–H groups in total. The molecule has 0 unspecified atom stereocenters. The van der Waals surface area contributed by atoms with E-state index >= 15 is 0 Å². The molecule has 0 aliphatic heterocycles. The van der Waals surface area contributed by atoms with Crippen LogP contribution >= 0.6 is 0 Å². The third kappa shape index (κ3) is 23.0. The summed E-state index contributed by atoms with van der Waals surface area (Å²) in [7, 11) is 0. The highest BCUT2D eigenvalue weighted by molar-refractivity contribution is 5.14. The fraction of sp³-hybridized carbons (Fsp3) is 0.692. The summed E-state index contributed by atoms with van der Waals surface area (Å²) in [5.41, 5.74) is 0. The molecule has 150 valence electrons. The van der Waals surface area contributed by atoms with Crippen LogP contribution in [-0.2, 0) is 0 Å². The summed E-state index contributed by atoms with van der Waals surface area (Å²) < 4.78 is 0. The number of hydrogen-bond donors (Lipinski definition) is 0. The molecule has 0 saturated carbocycles. The minimum Gasteiger partial charge on any atom is -0.0991 e. The van der Waals surface area contributed by atoms with E-state index in [0.29, 0.717) is 0 Å². The van der Waals surface area contributed by atoms with Crippen molar-refractivity contribution in [3.63, 3.8) is 0 Å². The van der Waals surface area contributed by atoms with Crippen LogP contribution in [0.2, 0.25) is 0 Å². The molecule has 0 bridgehead atoms. The van der Waals surface area contributed by atoms with Gasteiger partial charge in [-0.15, -0.1) is 0 Å². The topological polar surface area (TPSA) is 0 Å². The van der Waals surface area contributed by atoms with Gasteiger partial charge in [-0.1, -0.05) is 152 Å². The molecule has 0 radical (unpaired) electrons. The van der Waals surface area contributed by atoms with E-state index < -0.39 is 0 Å². The lowest BCUT2D eigenvalue weighted by Crippen LogP contribution is -1.83. The average Bonchev–Trinajstić information content (AvgIpc) is 2.66. The van der Waals surface area contributed by atoms with Crippen LogP contribution in [0.1, 0.15) is 116 Å². The molecule has 0 fully saturated rings. The Morgan fingerprint density at radius 3 is 1.31 bits per heavy atom. The van der Waals surface area contributed by atoms with Crippen LogP contribution in [0.3, 0.4) is 0 Å². The van der Waals surface area contributed by atoms with Crippen LogP contribution in [0, 0.1) is 0 Å². The zero-order valence-corrected chi connectivity index (χ0v) is 17.8. The van der Waals surface area contributed by atoms with E-state index in [2.05, 4.69) is 31.7 Å². The summed E-state index contributed by atoms with van der Waals surface area (Å²) in [6.07, 6.45) is 38.6. The molecule has 0 amide bonds. The van der Waals surface area contributed by atoms with Crippen molar-refractivity contribution in [1.82, 2.24) is 0 Å². The fourth-order valence-electron chi connectivity index (χ4n) is 3.26.